The molecule has 1 aliphatic carbocycles. The number of rotatable bonds is 4. The molecule has 0 aromatic heterocycles. The first kappa shape index (κ1) is 12.6. The Labute approximate surface area is 103 Å². The molecule has 3 N–H and O–H groups in total. The van der Waals surface area contributed by atoms with Gasteiger partial charge in [0.1, 0.15) is 0 Å². The van der Waals surface area contributed by atoms with E-state index in [1.54, 1.807) is 7.11 Å². The van der Waals surface area contributed by atoms with Crippen molar-refractivity contribution in [3.63, 3.8) is 0 Å². The lowest BCUT2D eigenvalue weighted by Crippen LogP contribution is -2.38. The Kier molecular flexibility index (Phi) is 3.89. The molecule has 1 saturated heterocycles. The van der Waals surface area contributed by atoms with Crippen molar-refractivity contribution in [2.24, 2.45) is 22.2 Å². The molecule has 5 heteroatoms. The second-order valence-corrected chi connectivity index (χ2v) is 5.50. The number of oxime groups is 1. The molecule has 1 heterocycles. The second kappa shape index (κ2) is 5.23. The smallest absolute Gasteiger partial charge is 0.153 e. The van der Waals surface area contributed by atoms with Gasteiger partial charge in [-0.15, -0.1) is 0 Å². The van der Waals surface area contributed by atoms with Gasteiger partial charge in [-0.1, -0.05) is 18.0 Å². The molecule has 0 bridgehead atoms. The number of nitrogens with two attached hydrogens (primary N) is 1. The number of fused-ring (bicyclic) bond motifs is 1. The molecule has 5 nitrogen and oxygen atoms in total. The molecule has 0 unspecified atom stereocenters. The zero-order valence-corrected chi connectivity index (χ0v) is 10.6. The minimum absolute atomic E-state index is 0.302. The van der Waals surface area contributed by atoms with Crippen LogP contribution in [0, 0.1) is 11.3 Å². The first-order valence-corrected chi connectivity index (χ1v) is 6.38. The average Bonchev–Trinajstić information content (AvgIpc) is 2.67. The molecule has 0 aromatic rings. The molecular weight excluding hydrogens is 218 g/mol. The summed E-state index contributed by atoms with van der Waals surface area (Å²) < 4.78 is 5.43. The second-order valence-electron chi connectivity index (χ2n) is 5.50. The normalized spacial score (nSPS) is 34.9. The molecule has 0 radical (unpaired) electrons. The van der Waals surface area contributed by atoms with Gasteiger partial charge in [-0.05, 0) is 18.8 Å². The van der Waals surface area contributed by atoms with E-state index in [9.17, 15) is 0 Å². The minimum Gasteiger partial charge on any atom is -0.409 e. The maximum Gasteiger partial charge on any atom is 0.153 e. The van der Waals surface area contributed by atoms with Crippen LogP contribution in [-0.4, -0.2) is 49.3 Å². The zero-order chi connectivity index (χ0) is 12.3. The van der Waals surface area contributed by atoms with Crippen LogP contribution in [0.5, 0.6) is 0 Å². The topological polar surface area (TPSA) is 71.1 Å². The van der Waals surface area contributed by atoms with Crippen molar-refractivity contribution >= 4 is 5.84 Å². The highest BCUT2D eigenvalue weighted by Crippen LogP contribution is 2.46. The molecule has 1 aliphatic heterocycles. The molecular formula is C12H23N3O2. The Morgan fingerprint density at radius 3 is 3.12 bits per heavy atom. The van der Waals surface area contributed by atoms with Crippen molar-refractivity contribution in [2.75, 3.05) is 33.4 Å². The SMILES string of the molecule is COC[C@@]12CCCC[C@H]1CN(CC(N)=NO)C2. The lowest BCUT2D eigenvalue weighted by Gasteiger charge is -2.38. The van der Waals surface area contributed by atoms with Crippen molar-refractivity contribution in [3.05, 3.63) is 0 Å². The first-order chi connectivity index (χ1) is 8.20. The standard InChI is InChI=1S/C12H23N3O2/c1-17-9-12-5-3-2-4-10(12)6-15(8-12)7-11(13)14-16/h10,16H,2-9H2,1H3,(H2,13,14)/t10-,12-/m0/s1. The fraction of sp³-hybridized carbons (Fsp3) is 0.917. The molecule has 2 rings (SSSR count). The summed E-state index contributed by atoms with van der Waals surface area (Å²) in [6.07, 6.45) is 5.17. The lowest BCUT2D eigenvalue weighted by molar-refractivity contribution is 0.0302. The number of amidine groups is 1. The van der Waals surface area contributed by atoms with Crippen molar-refractivity contribution in [3.8, 4) is 0 Å². The van der Waals surface area contributed by atoms with Gasteiger partial charge >= 0.3 is 0 Å². The van der Waals surface area contributed by atoms with Gasteiger partial charge in [-0.2, -0.15) is 0 Å². The van der Waals surface area contributed by atoms with E-state index in [-0.39, 0.29) is 0 Å². The number of hydrogen-bond acceptors (Lipinski definition) is 4. The predicted octanol–water partition coefficient (Wildman–Crippen LogP) is 0.871. The van der Waals surface area contributed by atoms with Crippen LogP contribution in [0.15, 0.2) is 5.16 Å². The van der Waals surface area contributed by atoms with E-state index in [1.807, 2.05) is 0 Å². The van der Waals surface area contributed by atoms with Crippen molar-refractivity contribution < 1.29 is 9.94 Å². The summed E-state index contributed by atoms with van der Waals surface area (Å²) in [5, 5.41) is 11.7. The van der Waals surface area contributed by atoms with Gasteiger partial charge in [0.25, 0.3) is 0 Å². The number of hydrogen-bond donors (Lipinski definition) is 2. The Morgan fingerprint density at radius 1 is 1.59 bits per heavy atom. The Hall–Kier alpha value is -0.810. The van der Waals surface area contributed by atoms with Gasteiger partial charge in [0.2, 0.25) is 0 Å². The van der Waals surface area contributed by atoms with Crippen LogP contribution in [0.2, 0.25) is 0 Å². The maximum absolute atomic E-state index is 8.63. The molecule has 2 aliphatic rings. The van der Waals surface area contributed by atoms with E-state index in [0.29, 0.717) is 23.7 Å². The summed E-state index contributed by atoms with van der Waals surface area (Å²) in [4.78, 5) is 2.30. The Bertz CT molecular complexity index is 291. The van der Waals surface area contributed by atoms with Crippen LogP contribution in [0.25, 0.3) is 0 Å². The number of ether oxygens (including phenoxy) is 1. The highest BCUT2D eigenvalue weighted by atomic mass is 16.5. The molecule has 98 valence electrons. The minimum atomic E-state index is 0.302. The first-order valence-electron chi connectivity index (χ1n) is 6.38. The lowest BCUT2D eigenvalue weighted by atomic mass is 9.69. The van der Waals surface area contributed by atoms with Gasteiger partial charge in [0.15, 0.2) is 5.84 Å². The number of methoxy groups -OCH3 is 1. The fourth-order valence-corrected chi connectivity index (χ4v) is 3.60. The van der Waals surface area contributed by atoms with Crippen LogP contribution < -0.4 is 5.73 Å². The molecule has 2 fully saturated rings. The van der Waals surface area contributed by atoms with Crippen LogP contribution in [0.1, 0.15) is 25.7 Å². The van der Waals surface area contributed by atoms with Gasteiger partial charge in [0, 0.05) is 25.6 Å². The Balaban J connectivity index is 2.03. The summed E-state index contributed by atoms with van der Waals surface area (Å²) in [7, 11) is 1.78. The maximum atomic E-state index is 8.63. The summed E-state index contributed by atoms with van der Waals surface area (Å²) in [6, 6.07) is 0. The van der Waals surface area contributed by atoms with Gasteiger partial charge in [0.05, 0.1) is 13.2 Å². The summed E-state index contributed by atoms with van der Waals surface area (Å²) in [6.45, 7) is 3.48. The van der Waals surface area contributed by atoms with Crippen molar-refractivity contribution in [2.45, 2.75) is 25.7 Å². The Morgan fingerprint density at radius 2 is 2.41 bits per heavy atom. The van der Waals surface area contributed by atoms with E-state index in [2.05, 4.69) is 10.1 Å². The van der Waals surface area contributed by atoms with E-state index in [4.69, 9.17) is 15.7 Å². The molecule has 0 amide bonds. The van der Waals surface area contributed by atoms with E-state index in [0.717, 1.165) is 19.7 Å². The highest BCUT2D eigenvalue weighted by molar-refractivity contribution is 5.81. The van der Waals surface area contributed by atoms with Crippen molar-refractivity contribution in [1.29, 1.82) is 0 Å². The van der Waals surface area contributed by atoms with Gasteiger partial charge in [-0.25, -0.2) is 0 Å². The molecule has 0 spiro atoms. The average molecular weight is 241 g/mol. The summed E-state index contributed by atoms with van der Waals surface area (Å²) in [5.74, 6) is 1.01. The third-order valence-electron chi connectivity index (χ3n) is 4.31. The molecule has 2 atom stereocenters. The third kappa shape index (κ3) is 2.55. The molecule has 0 aromatic carbocycles. The van der Waals surface area contributed by atoms with Crippen LogP contribution >= 0.6 is 0 Å². The monoisotopic (exact) mass is 241 g/mol. The largest absolute Gasteiger partial charge is 0.409 e. The predicted molar refractivity (Wildman–Crippen MR) is 66.1 cm³/mol. The molecule has 1 saturated carbocycles. The van der Waals surface area contributed by atoms with Crippen LogP contribution in [-0.2, 0) is 4.74 Å². The highest BCUT2D eigenvalue weighted by Gasteiger charge is 2.47. The summed E-state index contributed by atoms with van der Waals surface area (Å²) in [5.41, 5.74) is 5.89. The third-order valence-corrected chi connectivity index (χ3v) is 4.31. The van der Waals surface area contributed by atoms with Crippen LogP contribution in [0.3, 0.4) is 0 Å². The van der Waals surface area contributed by atoms with E-state index < -0.39 is 0 Å². The van der Waals surface area contributed by atoms with E-state index in [1.165, 1.54) is 25.7 Å². The van der Waals surface area contributed by atoms with Gasteiger partial charge < -0.3 is 15.7 Å². The van der Waals surface area contributed by atoms with E-state index >= 15 is 0 Å². The van der Waals surface area contributed by atoms with Gasteiger partial charge in [-0.3, -0.25) is 4.90 Å². The number of nitrogens with zero attached hydrogens (tertiary/aromatic N) is 2. The van der Waals surface area contributed by atoms with Crippen molar-refractivity contribution in [1.82, 2.24) is 4.90 Å². The molecule has 17 heavy (non-hydrogen) atoms. The number of likely N-dealkylation sites (tertiary alicyclic amines) is 1. The summed E-state index contributed by atoms with van der Waals surface area (Å²) >= 11 is 0. The zero-order valence-electron chi connectivity index (χ0n) is 10.6. The van der Waals surface area contributed by atoms with Crippen LogP contribution in [0.4, 0.5) is 0 Å². The fourth-order valence-electron chi connectivity index (χ4n) is 3.60. The quantitative estimate of drug-likeness (QED) is 0.331.